The molecule has 0 radical (unpaired) electrons. The van der Waals surface area contributed by atoms with Gasteiger partial charge in [0.05, 0.1) is 11.6 Å². The maximum atomic E-state index is 10.9. The third-order valence-electron chi connectivity index (χ3n) is 2.80. The van der Waals surface area contributed by atoms with E-state index in [1.165, 1.54) is 0 Å². The first-order valence-corrected chi connectivity index (χ1v) is 5.68. The van der Waals surface area contributed by atoms with Gasteiger partial charge in [-0.15, -0.1) is 0 Å². The van der Waals surface area contributed by atoms with Crippen LogP contribution in [-0.4, -0.2) is 22.0 Å². The van der Waals surface area contributed by atoms with Crippen LogP contribution in [0.4, 0.5) is 0 Å². The third-order valence-corrected chi connectivity index (χ3v) is 2.80. The van der Waals surface area contributed by atoms with Gasteiger partial charge >= 0.3 is 5.97 Å². The van der Waals surface area contributed by atoms with Crippen LogP contribution in [0.25, 0.3) is 0 Å². The Morgan fingerprint density at radius 2 is 2.00 bits per heavy atom. The van der Waals surface area contributed by atoms with Crippen LogP contribution in [0.15, 0.2) is 35.5 Å². The van der Waals surface area contributed by atoms with Gasteiger partial charge in [-0.3, -0.25) is 4.79 Å². The summed E-state index contributed by atoms with van der Waals surface area (Å²) in [5.74, 6) is -1.17. The minimum atomic E-state index is -0.794. The van der Waals surface area contributed by atoms with Crippen LogP contribution in [0.1, 0.15) is 31.7 Å². The topological polar surface area (TPSA) is 69.9 Å². The second kappa shape index (κ2) is 6.68. The molecule has 92 valence electrons. The Bertz CT molecular complexity index is 387. The Balaban J connectivity index is 2.64. The van der Waals surface area contributed by atoms with Crippen molar-refractivity contribution in [1.82, 2.24) is 0 Å². The highest BCUT2D eigenvalue weighted by molar-refractivity contribution is 6.00. The quantitative estimate of drug-likeness (QED) is 0.452. The van der Waals surface area contributed by atoms with E-state index in [2.05, 4.69) is 5.16 Å². The Morgan fingerprint density at radius 3 is 2.47 bits per heavy atom. The van der Waals surface area contributed by atoms with E-state index < -0.39 is 5.97 Å². The number of nitrogens with zero attached hydrogens (tertiary/aromatic N) is 1. The number of carboxylic acid groups (broad SMARTS) is 1. The van der Waals surface area contributed by atoms with Crippen molar-refractivity contribution in [2.75, 3.05) is 0 Å². The lowest BCUT2D eigenvalue weighted by Crippen LogP contribution is -2.14. The number of hydrogen-bond donors (Lipinski definition) is 2. The Kier molecular flexibility index (Phi) is 5.20. The minimum Gasteiger partial charge on any atom is -0.481 e. The zero-order valence-electron chi connectivity index (χ0n) is 9.84. The zero-order chi connectivity index (χ0) is 12.7. The molecule has 1 aromatic carbocycles. The highest BCUT2D eigenvalue weighted by atomic mass is 16.4. The molecule has 2 N–H and O–H groups in total. The number of aliphatic carboxylic acids is 1. The summed E-state index contributed by atoms with van der Waals surface area (Å²) in [5, 5.41) is 21.1. The lowest BCUT2D eigenvalue weighted by Gasteiger charge is -2.10. The smallest absolute Gasteiger partial charge is 0.306 e. The summed E-state index contributed by atoms with van der Waals surface area (Å²) in [4.78, 5) is 10.9. The molecule has 0 heterocycles. The minimum absolute atomic E-state index is 0.379. The highest BCUT2D eigenvalue weighted by Crippen LogP contribution is 2.14. The van der Waals surface area contributed by atoms with Crippen LogP contribution in [0.2, 0.25) is 0 Å². The summed E-state index contributed by atoms with van der Waals surface area (Å²) >= 11 is 0. The number of carboxylic acids is 1. The lowest BCUT2D eigenvalue weighted by atomic mass is 9.96. The van der Waals surface area contributed by atoms with Crippen LogP contribution in [-0.2, 0) is 4.79 Å². The first-order valence-electron chi connectivity index (χ1n) is 5.68. The average molecular weight is 235 g/mol. The van der Waals surface area contributed by atoms with Crippen LogP contribution in [0.3, 0.4) is 0 Å². The third kappa shape index (κ3) is 3.90. The van der Waals surface area contributed by atoms with E-state index >= 15 is 0 Å². The molecule has 0 bridgehead atoms. The van der Waals surface area contributed by atoms with Crippen LogP contribution >= 0.6 is 0 Å². The predicted molar refractivity (Wildman–Crippen MR) is 65.4 cm³/mol. The second-order valence-electron chi connectivity index (χ2n) is 3.89. The van der Waals surface area contributed by atoms with Crippen molar-refractivity contribution >= 4 is 11.7 Å². The Morgan fingerprint density at radius 1 is 1.35 bits per heavy atom. The highest BCUT2D eigenvalue weighted by Gasteiger charge is 2.16. The molecule has 4 nitrogen and oxygen atoms in total. The van der Waals surface area contributed by atoms with Gasteiger partial charge in [-0.1, -0.05) is 42.4 Å². The van der Waals surface area contributed by atoms with E-state index in [4.69, 9.17) is 10.3 Å². The van der Waals surface area contributed by atoms with Crippen LogP contribution in [0, 0.1) is 5.92 Å². The maximum absolute atomic E-state index is 10.9. The standard InChI is InChI=1S/C13H17NO3/c1-2-10(13(15)16)8-9-12(14-17)11-6-4-3-5-7-11/h3-7,10,17H,2,8-9H2,1H3,(H,15,16). The van der Waals surface area contributed by atoms with Gasteiger partial charge in [0.15, 0.2) is 0 Å². The molecule has 1 unspecified atom stereocenters. The molecule has 17 heavy (non-hydrogen) atoms. The van der Waals surface area contributed by atoms with Crippen LogP contribution in [0.5, 0.6) is 0 Å². The average Bonchev–Trinajstić information content (AvgIpc) is 2.35. The van der Waals surface area contributed by atoms with Crippen molar-refractivity contribution in [2.45, 2.75) is 26.2 Å². The molecular formula is C13H17NO3. The largest absolute Gasteiger partial charge is 0.481 e. The summed E-state index contributed by atoms with van der Waals surface area (Å²) in [6.07, 6.45) is 1.54. The molecule has 1 rings (SSSR count). The number of oxime groups is 1. The van der Waals surface area contributed by atoms with E-state index in [0.29, 0.717) is 25.0 Å². The Labute approximate surface area is 101 Å². The first kappa shape index (κ1) is 13.2. The van der Waals surface area contributed by atoms with Gasteiger partial charge in [0.25, 0.3) is 0 Å². The van der Waals surface area contributed by atoms with Gasteiger partial charge in [-0.05, 0) is 24.8 Å². The predicted octanol–water partition coefficient (Wildman–Crippen LogP) is 2.76. The fraction of sp³-hybridized carbons (Fsp3) is 0.385. The summed E-state index contributed by atoms with van der Waals surface area (Å²) < 4.78 is 0. The monoisotopic (exact) mass is 235 g/mol. The second-order valence-corrected chi connectivity index (χ2v) is 3.89. The summed E-state index contributed by atoms with van der Waals surface area (Å²) in [6.45, 7) is 1.84. The van der Waals surface area contributed by atoms with E-state index in [9.17, 15) is 4.79 Å². The molecule has 0 aliphatic rings. The fourth-order valence-corrected chi connectivity index (χ4v) is 1.70. The van der Waals surface area contributed by atoms with E-state index in [0.717, 1.165) is 5.56 Å². The molecule has 0 aliphatic carbocycles. The van der Waals surface area contributed by atoms with Crippen molar-refractivity contribution in [3.05, 3.63) is 35.9 Å². The van der Waals surface area contributed by atoms with Crippen molar-refractivity contribution in [3.63, 3.8) is 0 Å². The number of benzene rings is 1. The molecule has 1 aromatic rings. The van der Waals surface area contributed by atoms with Gasteiger partial charge in [0.2, 0.25) is 0 Å². The van der Waals surface area contributed by atoms with E-state index in [1.54, 1.807) is 0 Å². The molecule has 1 atom stereocenters. The van der Waals surface area contributed by atoms with Gasteiger partial charge in [-0.2, -0.15) is 0 Å². The molecule has 0 amide bonds. The van der Waals surface area contributed by atoms with E-state index in [1.807, 2.05) is 37.3 Å². The SMILES string of the molecule is CCC(CCC(=NO)c1ccccc1)C(=O)O. The van der Waals surface area contributed by atoms with Crippen molar-refractivity contribution in [3.8, 4) is 0 Å². The molecule has 0 aliphatic heterocycles. The summed E-state index contributed by atoms with van der Waals surface area (Å²) in [7, 11) is 0. The zero-order valence-corrected chi connectivity index (χ0v) is 9.84. The van der Waals surface area contributed by atoms with E-state index in [-0.39, 0.29) is 5.92 Å². The Hall–Kier alpha value is -1.84. The molecule has 0 saturated heterocycles. The van der Waals surface area contributed by atoms with Gasteiger partial charge in [0.1, 0.15) is 0 Å². The van der Waals surface area contributed by atoms with Gasteiger partial charge in [-0.25, -0.2) is 0 Å². The fourth-order valence-electron chi connectivity index (χ4n) is 1.70. The molecule has 0 aromatic heterocycles. The van der Waals surface area contributed by atoms with Gasteiger partial charge in [0, 0.05) is 0 Å². The maximum Gasteiger partial charge on any atom is 0.306 e. The lowest BCUT2D eigenvalue weighted by molar-refractivity contribution is -0.142. The number of hydrogen-bond acceptors (Lipinski definition) is 3. The summed E-state index contributed by atoms with van der Waals surface area (Å²) in [6, 6.07) is 9.28. The molecule has 4 heteroatoms. The molecule has 0 saturated carbocycles. The normalized spacial score (nSPS) is 13.4. The summed E-state index contributed by atoms with van der Waals surface area (Å²) in [5.41, 5.74) is 1.36. The van der Waals surface area contributed by atoms with Gasteiger partial charge < -0.3 is 10.3 Å². The van der Waals surface area contributed by atoms with Crippen molar-refractivity contribution in [1.29, 1.82) is 0 Å². The van der Waals surface area contributed by atoms with Crippen molar-refractivity contribution in [2.24, 2.45) is 11.1 Å². The molecule has 0 fully saturated rings. The van der Waals surface area contributed by atoms with Crippen molar-refractivity contribution < 1.29 is 15.1 Å². The molecule has 0 spiro atoms. The number of carbonyl (C=O) groups is 1. The first-order chi connectivity index (χ1) is 8.19. The molecular weight excluding hydrogens is 218 g/mol. The van der Waals surface area contributed by atoms with Crippen LogP contribution < -0.4 is 0 Å². The number of rotatable bonds is 6.